The fourth-order valence-electron chi connectivity index (χ4n) is 2.97. The molecule has 0 saturated heterocycles. The van der Waals surface area contributed by atoms with Crippen LogP contribution in [0.15, 0.2) is 57.8 Å². The van der Waals surface area contributed by atoms with Crippen molar-refractivity contribution in [2.45, 2.75) is 30.0 Å². The number of hydrogen-bond acceptors (Lipinski definition) is 8. The van der Waals surface area contributed by atoms with Crippen LogP contribution >= 0.6 is 11.3 Å². The number of carbonyl (C=O) groups excluding carboxylic acids is 1. The summed E-state index contributed by atoms with van der Waals surface area (Å²) in [7, 11) is -7.74. The van der Waals surface area contributed by atoms with Crippen molar-refractivity contribution < 1.29 is 21.6 Å². The first kappa shape index (κ1) is 24.8. The van der Waals surface area contributed by atoms with Crippen LogP contribution in [0, 0.1) is 6.92 Å². The van der Waals surface area contributed by atoms with Gasteiger partial charge in [-0.2, -0.15) is 12.7 Å². The lowest BCUT2D eigenvalue weighted by Crippen LogP contribution is -2.30. The number of carbonyl (C=O) groups is 1. The van der Waals surface area contributed by atoms with Crippen LogP contribution < -0.4 is 10.0 Å². The van der Waals surface area contributed by atoms with Gasteiger partial charge in [-0.05, 0) is 42.8 Å². The molecule has 3 aromatic rings. The van der Waals surface area contributed by atoms with Crippen molar-refractivity contribution in [3.63, 3.8) is 0 Å². The molecule has 1 aromatic heterocycles. The summed E-state index contributed by atoms with van der Waals surface area (Å²) in [5.74, 6) is -0.425. The van der Waals surface area contributed by atoms with Gasteiger partial charge in [0.1, 0.15) is 0 Å². The molecule has 3 rings (SSSR count). The number of sulfonamides is 2. The van der Waals surface area contributed by atoms with Gasteiger partial charge in [-0.25, -0.2) is 8.42 Å². The second-order valence-corrected chi connectivity index (χ2v) is 11.6. The molecule has 13 heteroatoms. The largest absolute Gasteiger partial charge is 0.296 e. The van der Waals surface area contributed by atoms with Crippen LogP contribution in [-0.2, 0) is 20.0 Å². The third-order valence-corrected chi connectivity index (χ3v) is 9.35. The van der Waals surface area contributed by atoms with Crippen molar-refractivity contribution in [2.24, 2.45) is 0 Å². The Kier molecular flexibility index (Phi) is 7.47. The summed E-state index contributed by atoms with van der Waals surface area (Å²) in [5.41, 5.74) is 1.37. The molecule has 1 amide bonds. The van der Waals surface area contributed by atoms with Crippen molar-refractivity contribution in [3.8, 4) is 0 Å². The minimum Gasteiger partial charge on any atom is -0.296 e. The predicted molar refractivity (Wildman–Crippen MR) is 126 cm³/mol. The monoisotopic (exact) mass is 509 g/mol. The Labute approximate surface area is 196 Å². The van der Waals surface area contributed by atoms with Crippen molar-refractivity contribution in [1.29, 1.82) is 0 Å². The SMILES string of the molecule is CCN(CC)S(=O)(=O)c1ccc(NS(=O)(=O)c2nnc(NC(=O)c3ccccc3C)s2)cc1. The van der Waals surface area contributed by atoms with Crippen LogP contribution in [0.3, 0.4) is 0 Å². The molecule has 0 saturated carbocycles. The molecule has 10 nitrogen and oxygen atoms in total. The van der Waals surface area contributed by atoms with E-state index in [0.717, 1.165) is 5.56 Å². The van der Waals surface area contributed by atoms with E-state index < -0.39 is 26.0 Å². The second-order valence-electron chi connectivity index (χ2n) is 6.86. The summed E-state index contributed by atoms with van der Waals surface area (Å²) in [6.45, 7) is 5.92. The molecule has 1 heterocycles. The number of amides is 1. The summed E-state index contributed by atoms with van der Waals surface area (Å²) < 4.78 is 53.8. The number of nitrogens with zero attached hydrogens (tertiary/aromatic N) is 3. The minimum absolute atomic E-state index is 0.0318. The third kappa shape index (κ3) is 5.55. The second kappa shape index (κ2) is 9.95. The van der Waals surface area contributed by atoms with E-state index in [-0.39, 0.29) is 20.1 Å². The Balaban J connectivity index is 1.73. The maximum Gasteiger partial charge on any atom is 0.291 e. The van der Waals surface area contributed by atoms with Crippen molar-refractivity contribution in [3.05, 3.63) is 59.7 Å². The lowest BCUT2D eigenvalue weighted by molar-refractivity contribution is 0.102. The van der Waals surface area contributed by atoms with Crippen molar-refractivity contribution in [1.82, 2.24) is 14.5 Å². The van der Waals surface area contributed by atoms with Crippen molar-refractivity contribution >= 4 is 48.1 Å². The molecule has 176 valence electrons. The number of benzene rings is 2. The van der Waals surface area contributed by atoms with Crippen molar-refractivity contribution in [2.75, 3.05) is 23.1 Å². The van der Waals surface area contributed by atoms with E-state index in [1.54, 1.807) is 45.0 Å². The molecular weight excluding hydrogens is 486 g/mol. The topological polar surface area (TPSA) is 138 Å². The van der Waals surface area contributed by atoms with Gasteiger partial charge in [-0.1, -0.05) is 43.4 Å². The first-order valence-electron chi connectivity index (χ1n) is 9.92. The van der Waals surface area contributed by atoms with Gasteiger partial charge in [0.25, 0.3) is 20.3 Å². The molecule has 0 radical (unpaired) electrons. The summed E-state index contributed by atoms with van der Waals surface area (Å²) in [4.78, 5) is 12.5. The lowest BCUT2D eigenvalue weighted by atomic mass is 10.1. The van der Waals surface area contributed by atoms with Crippen LogP contribution in [-0.4, -0.2) is 50.3 Å². The Bertz CT molecular complexity index is 1350. The van der Waals surface area contributed by atoms with E-state index in [0.29, 0.717) is 30.0 Å². The summed E-state index contributed by atoms with van der Waals surface area (Å²) in [5, 5.41) is 9.97. The van der Waals surface area contributed by atoms with Crippen LogP contribution in [0.2, 0.25) is 0 Å². The molecule has 0 aliphatic carbocycles. The molecule has 0 fully saturated rings. The minimum atomic E-state index is -4.09. The van der Waals surface area contributed by atoms with Gasteiger partial charge in [0.05, 0.1) is 4.90 Å². The molecular formula is C20H23N5O5S3. The molecule has 0 aliphatic rings. The summed E-state index contributed by atoms with van der Waals surface area (Å²) >= 11 is 0.698. The van der Waals surface area contributed by atoms with E-state index in [9.17, 15) is 21.6 Å². The average Bonchev–Trinajstić information content (AvgIpc) is 3.24. The van der Waals surface area contributed by atoms with E-state index >= 15 is 0 Å². The van der Waals surface area contributed by atoms with E-state index in [1.165, 1.54) is 28.6 Å². The molecule has 33 heavy (non-hydrogen) atoms. The zero-order chi connectivity index (χ0) is 24.2. The highest BCUT2D eigenvalue weighted by Crippen LogP contribution is 2.24. The summed E-state index contributed by atoms with van der Waals surface area (Å²) in [6, 6.07) is 12.3. The number of rotatable bonds is 9. The zero-order valence-corrected chi connectivity index (χ0v) is 20.6. The van der Waals surface area contributed by atoms with Crippen LogP contribution in [0.25, 0.3) is 0 Å². The molecule has 2 aromatic carbocycles. The highest BCUT2D eigenvalue weighted by molar-refractivity contribution is 7.94. The average molecular weight is 510 g/mol. The Morgan fingerprint density at radius 3 is 2.21 bits per heavy atom. The lowest BCUT2D eigenvalue weighted by Gasteiger charge is -2.18. The molecule has 0 bridgehead atoms. The number of nitrogens with one attached hydrogen (secondary N) is 2. The first-order chi connectivity index (χ1) is 15.6. The van der Waals surface area contributed by atoms with Crippen LogP contribution in [0.5, 0.6) is 0 Å². The molecule has 0 spiro atoms. The van der Waals surface area contributed by atoms with Gasteiger partial charge in [0.15, 0.2) is 0 Å². The molecule has 0 unspecified atom stereocenters. The highest BCUT2D eigenvalue weighted by atomic mass is 32.2. The number of anilines is 2. The van der Waals surface area contributed by atoms with Gasteiger partial charge in [-0.15, -0.1) is 10.2 Å². The first-order valence-corrected chi connectivity index (χ1v) is 13.7. The van der Waals surface area contributed by atoms with Gasteiger partial charge < -0.3 is 0 Å². The van der Waals surface area contributed by atoms with Gasteiger partial charge >= 0.3 is 0 Å². The molecule has 0 aliphatic heterocycles. The number of aromatic nitrogens is 2. The molecule has 0 atom stereocenters. The van der Waals surface area contributed by atoms with Gasteiger partial charge in [0.2, 0.25) is 15.2 Å². The number of aryl methyl sites for hydroxylation is 1. The normalized spacial score (nSPS) is 12.0. The highest BCUT2D eigenvalue weighted by Gasteiger charge is 2.24. The Morgan fingerprint density at radius 2 is 1.61 bits per heavy atom. The predicted octanol–water partition coefficient (Wildman–Crippen LogP) is 2.93. The number of hydrogen-bond donors (Lipinski definition) is 2. The Morgan fingerprint density at radius 1 is 0.970 bits per heavy atom. The van der Waals surface area contributed by atoms with Gasteiger partial charge in [0, 0.05) is 24.3 Å². The quantitative estimate of drug-likeness (QED) is 0.423. The smallest absolute Gasteiger partial charge is 0.291 e. The van der Waals surface area contributed by atoms with Crippen LogP contribution in [0.1, 0.15) is 29.8 Å². The fraction of sp³-hybridized carbons (Fsp3) is 0.250. The third-order valence-electron chi connectivity index (χ3n) is 4.70. The van der Waals surface area contributed by atoms with Crippen LogP contribution in [0.4, 0.5) is 10.8 Å². The maximum absolute atomic E-state index is 12.7. The Hall–Kier alpha value is -2.87. The van der Waals surface area contributed by atoms with E-state index in [4.69, 9.17) is 0 Å². The standard InChI is InChI=1S/C20H23N5O5S3/c1-4-25(5-2)33(29,30)16-12-10-15(11-13-16)24-32(27,28)20-23-22-19(31-20)21-18(26)17-9-7-6-8-14(17)3/h6-13,24H,4-5H2,1-3H3,(H,21,22,26). The zero-order valence-electron chi connectivity index (χ0n) is 18.1. The maximum atomic E-state index is 12.7. The summed E-state index contributed by atoms with van der Waals surface area (Å²) in [6.07, 6.45) is 0. The van der Waals surface area contributed by atoms with E-state index in [2.05, 4.69) is 20.2 Å². The fourth-order valence-corrected chi connectivity index (χ4v) is 6.38. The van der Waals surface area contributed by atoms with Gasteiger partial charge in [-0.3, -0.25) is 14.8 Å². The molecule has 2 N–H and O–H groups in total. The van der Waals surface area contributed by atoms with E-state index in [1.807, 2.05) is 0 Å².